The van der Waals surface area contributed by atoms with Gasteiger partial charge < -0.3 is 25.0 Å². The standard InChI is InChI=1S/C21H21ClN4O5/c22-14-1-3-15(4-2-14)24-20(28)23-11-18-12-26(21(29)31-18)17-7-5-16(6-8-17)25-9-10-30-13-19(25)27/h1-8,18H,9-13H2,(H2,23,24,28). The van der Waals surface area contributed by atoms with Crippen LogP contribution in [0.15, 0.2) is 48.5 Å². The van der Waals surface area contributed by atoms with Crippen LogP contribution in [0.3, 0.4) is 0 Å². The van der Waals surface area contributed by atoms with Gasteiger partial charge in [-0.25, -0.2) is 9.59 Å². The van der Waals surface area contributed by atoms with Crippen LogP contribution >= 0.6 is 11.6 Å². The molecule has 0 aromatic heterocycles. The lowest BCUT2D eigenvalue weighted by Gasteiger charge is -2.27. The second-order valence-corrected chi connectivity index (χ2v) is 7.51. The topological polar surface area (TPSA) is 100 Å². The van der Waals surface area contributed by atoms with Gasteiger partial charge in [-0.05, 0) is 48.5 Å². The molecular weight excluding hydrogens is 424 g/mol. The third-order valence-corrected chi connectivity index (χ3v) is 5.18. The molecule has 162 valence electrons. The minimum atomic E-state index is -0.486. The van der Waals surface area contributed by atoms with Crippen LogP contribution in [0.25, 0.3) is 0 Å². The van der Waals surface area contributed by atoms with Crippen molar-refractivity contribution >= 4 is 46.7 Å². The fraction of sp³-hybridized carbons (Fsp3) is 0.286. The lowest BCUT2D eigenvalue weighted by Crippen LogP contribution is -2.41. The van der Waals surface area contributed by atoms with Crippen LogP contribution in [0, 0.1) is 0 Å². The first-order chi connectivity index (χ1) is 15.0. The molecule has 4 rings (SSSR count). The normalized spacial score (nSPS) is 18.7. The van der Waals surface area contributed by atoms with Gasteiger partial charge in [-0.3, -0.25) is 9.69 Å². The first kappa shape index (κ1) is 21.0. The second-order valence-electron chi connectivity index (χ2n) is 7.07. The van der Waals surface area contributed by atoms with Crippen molar-refractivity contribution in [3.05, 3.63) is 53.6 Å². The van der Waals surface area contributed by atoms with Gasteiger partial charge in [0, 0.05) is 28.6 Å². The van der Waals surface area contributed by atoms with Gasteiger partial charge >= 0.3 is 12.1 Å². The van der Waals surface area contributed by atoms with Crippen molar-refractivity contribution in [2.24, 2.45) is 0 Å². The van der Waals surface area contributed by atoms with Crippen molar-refractivity contribution in [2.75, 3.05) is 48.0 Å². The molecule has 4 amide bonds. The molecule has 31 heavy (non-hydrogen) atoms. The van der Waals surface area contributed by atoms with E-state index in [1.807, 2.05) is 0 Å². The molecule has 2 saturated heterocycles. The van der Waals surface area contributed by atoms with E-state index in [9.17, 15) is 14.4 Å². The number of anilines is 3. The summed E-state index contributed by atoms with van der Waals surface area (Å²) >= 11 is 5.82. The molecule has 0 radical (unpaired) electrons. The Hall–Kier alpha value is -3.30. The molecule has 2 fully saturated rings. The monoisotopic (exact) mass is 444 g/mol. The highest BCUT2D eigenvalue weighted by atomic mass is 35.5. The van der Waals surface area contributed by atoms with Crippen molar-refractivity contribution in [1.82, 2.24) is 5.32 Å². The SMILES string of the molecule is O=C(NCC1CN(c2ccc(N3CCOCC3=O)cc2)C(=O)O1)Nc1ccc(Cl)cc1. The van der Waals surface area contributed by atoms with Crippen LogP contribution in [0.1, 0.15) is 0 Å². The Morgan fingerprint density at radius 1 is 1.03 bits per heavy atom. The van der Waals surface area contributed by atoms with Gasteiger partial charge in [-0.1, -0.05) is 11.6 Å². The van der Waals surface area contributed by atoms with E-state index in [1.165, 1.54) is 4.90 Å². The summed E-state index contributed by atoms with van der Waals surface area (Å²) in [4.78, 5) is 39.4. The summed E-state index contributed by atoms with van der Waals surface area (Å²) in [6.45, 7) is 1.53. The number of cyclic esters (lactones) is 1. The molecule has 2 aliphatic rings. The molecule has 0 bridgehead atoms. The van der Waals surface area contributed by atoms with E-state index >= 15 is 0 Å². The highest BCUT2D eigenvalue weighted by Gasteiger charge is 2.32. The molecule has 1 unspecified atom stereocenters. The average Bonchev–Trinajstić information content (AvgIpc) is 3.15. The molecule has 9 nitrogen and oxygen atoms in total. The fourth-order valence-corrected chi connectivity index (χ4v) is 3.48. The number of nitrogens with zero attached hydrogens (tertiary/aromatic N) is 2. The Morgan fingerprint density at radius 3 is 2.39 bits per heavy atom. The third-order valence-electron chi connectivity index (χ3n) is 4.93. The summed E-state index contributed by atoms with van der Waals surface area (Å²) in [5.74, 6) is -0.0948. The Morgan fingerprint density at radius 2 is 1.71 bits per heavy atom. The number of amides is 4. The van der Waals surface area contributed by atoms with Gasteiger partial charge in [0.1, 0.15) is 12.7 Å². The summed E-state index contributed by atoms with van der Waals surface area (Å²) in [5, 5.41) is 5.96. The number of nitrogens with one attached hydrogen (secondary N) is 2. The quantitative estimate of drug-likeness (QED) is 0.738. The van der Waals surface area contributed by atoms with Crippen molar-refractivity contribution in [1.29, 1.82) is 0 Å². The molecule has 2 N–H and O–H groups in total. The van der Waals surface area contributed by atoms with E-state index < -0.39 is 18.2 Å². The van der Waals surface area contributed by atoms with Crippen LogP contribution in [-0.2, 0) is 14.3 Å². The van der Waals surface area contributed by atoms with Gasteiger partial charge in [-0.15, -0.1) is 0 Å². The number of carbonyl (C=O) groups excluding carboxylic acids is 3. The van der Waals surface area contributed by atoms with E-state index in [4.69, 9.17) is 21.1 Å². The number of rotatable bonds is 5. The smallest absolute Gasteiger partial charge is 0.414 e. The first-order valence-corrected chi connectivity index (χ1v) is 10.1. The number of hydrogen-bond acceptors (Lipinski definition) is 5. The zero-order chi connectivity index (χ0) is 21.8. The zero-order valence-corrected chi connectivity index (χ0v) is 17.3. The third kappa shape index (κ3) is 5.07. The second kappa shape index (κ2) is 9.23. The van der Waals surface area contributed by atoms with E-state index in [1.54, 1.807) is 53.4 Å². The lowest BCUT2D eigenvalue weighted by molar-refractivity contribution is -0.125. The number of ether oxygens (including phenoxy) is 2. The van der Waals surface area contributed by atoms with E-state index in [2.05, 4.69) is 10.6 Å². The van der Waals surface area contributed by atoms with Gasteiger partial charge in [0.15, 0.2) is 0 Å². The van der Waals surface area contributed by atoms with Crippen molar-refractivity contribution < 1.29 is 23.9 Å². The summed E-state index contributed by atoms with van der Waals surface area (Å²) in [6.07, 6.45) is -0.968. The maximum atomic E-state index is 12.3. The number of halogens is 1. The molecule has 2 aromatic carbocycles. The fourth-order valence-electron chi connectivity index (χ4n) is 3.36. The van der Waals surface area contributed by atoms with Gasteiger partial charge in [-0.2, -0.15) is 0 Å². The number of carbonyl (C=O) groups is 3. The lowest BCUT2D eigenvalue weighted by atomic mass is 10.2. The first-order valence-electron chi connectivity index (χ1n) is 9.76. The molecule has 0 spiro atoms. The number of urea groups is 1. The molecule has 2 heterocycles. The Labute approximate surface area is 183 Å². The van der Waals surface area contributed by atoms with Crippen LogP contribution in [-0.4, -0.2) is 57.0 Å². The molecule has 0 aliphatic carbocycles. The van der Waals surface area contributed by atoms with Gasteiger partial charge in [0.05, 0.1) is 19.7 Å². The minimum Gasteiger partial charge on any atom is -0.442 e. The van der Waals surface area contributed by atoms with Crippen molar-refractivity contribution in [3.8, 4) is 0 Å². The van der Waals surface area contributed by atoms with E-state index in [-0.39, 0.29) is 19.1 Å². The number of benzene rings is 2. The van der Waals surface area contributed by atoms with Crippen molar-refractivity contribution in [2.45, 2.75) is 6.10 Å². The van der Waals surface area contributed by atoms with E-state index in [0.29, 0.717) is 36.1 Å². The predicted octanol–water partition coefficient (Wildman–Crippen LogP) is 2.85. The molecule has 1 atom stereocenters. The largest absolute Gasteiger partial charge is 0.442 e. The molecular formula is C21H21ClN4O5. The van der Waals surface area contributed by atoms with E-state index in [0.717, 1.165) is 5.69 Å². The van der Waals surface area contributed by atoms with Crippen LogP contribution in [0.4, 0.5) is 26.7 Å². The molecule has 2 aliphatic heterocycles. The maximum absolute atomic E-state index is 12.3. The number of morpholine rings is 1. The molecule has 10 heteroatoms. The van der Waals surface area contributed by atoms with Crippen LogP contribution in [0.2, 0.25) is 5.02 Å². The highest BCUT2D eigenvalue weighted by molar-refractivity contribution is 6.30. The molecule has 0 saturated carbocycles. The minimum absolute atomic E-state index is 0.0699. The maximum Gasteiger partial charge on any atom is 0.414 e. The highest BCUT2D eigenvalue weighted by Crippen LogP contribution is 2.25. The average molecular weight is 445 g/mol. The van der Waals surface area contributed by atoms with Gasteiger partial charge in [0.25, 0.3) is 5.91 Å². The Bertz CT molecular complexity index is 967. The Balaban J connectivity index is 1.30. The molecule has 2 aromatic rings. The van der Waals surface area contributed by atoms with Crippen molar-refractivity contribution in [3.63, 3.8) is 0 Å². The zero-order valence-electron chi connectivity index (χ0n) is 16.5. The Kier molecular flexibility index (Phi) is 6.24. The summed E-state index contributed by atoms with van der Waals surface area (Å²) < 4.78 is 10.5. The summed E-state index contributed by atoms with van der Waals surface area (Å²) in [5.41, 5.74) is 2.01. The van der Waals surface area contributed by atoms with Gasteiger partial charge in [0.2, 0.25) is 0 Å². The summed E-state index contributed by atoms with van der Waals surface area (Å²) in [7, 11) is 0. The summed E-state index contributed by atoms with van der Waals surface area (Å²) in [6, 6.07) is 13.4. The van der Waals surface area contributed by atoms with Crippen LogP contribution < -0.4 is 20.4 Å². The number of hydrogen-bond donors (Lipinski definition) is 2. The predicted molar refractivity (Wildman–Crippen MR) is 116 cm³/mol. The van der Waals surface area contributed by atoms with Crippen LogP contribution in [0.5, 0.6) is 0 Å².